The molecule has 5 nitrogen and oxygen atoms in total. The Morgan fingerprint density at radius 1 is 1.20 bits per heavy atom. The SMILES string of the molecule is CC(C)[C@@H](CO)Nc1nccc(N2C[C@H]3CC[C@H]2c2ccccc23)n1. The Balaban J connectivity index is 1.60. The minimum atomic E-state index is -0.0335. The van der Waals surface area contributed by atoms with E-state index in [4.69, 9.17) is 4.98 Å². The van der Waals surface area contributed by atoms with E-state index in [1.54, 1.807) is 0 Å². The second-order valence-corrected chi connectivity index (χ2v) is 7.49. The van der Waals surface area contributed by atoms with Gasteiger partial charge in [0.15, 0.2) is 0 Å². The lowest BCUT2D eigenvalue weighted by molar-refractivity contribution is 0.248. The summed E-state index contributed by atoms with van der Waals surface area (Å²) in [6, 6.07) is 11.2. The van der Waals surface area contributed by atoms with Crippen molar-refractivity contribution >= 4 is 11.8 Å². The lowest BCUT2D eigenvalue weighted by Gasteiger charge is -2.47. The van der Waals surface area contributed by atoms with Crippen molar-refractivity contribution < 1.29 is 5.11 Å². The minimum absolute atomic E-state index is 0.0335. The van der Waals surface area contributed by atoms with E-state index in [1.807, 2.05) is 12.3 Å². The third-order valence-corrected chi connectivity index (χ3v) is 5.63. The molecule has 5 rings (SSSR count). The first-order chi connectivity index (χ1) is 12.2. The number of hydrogen-bond acceptors (Lipinski definition) is 5. The fourth-order valence-electron chi connectivity index (χ4n) is 4.16. The molecule has 0 saturated carbocycles. The molecule has 2 aliphatic heterocycles. The van der Waals surface area contributed by atoms with Crippen molar-refractivity contribution in [1.82, 2.24) is 9.97 Å². The van der Waals surface area contributed by atoms with E-state index in [0.717, 1.165) is 12.4 Å². The van der Waals surface area contributed by atoms with Gasteiger partial charge in [-0.2, -0.15) is 4.98 Å². The first-order valence-electron chi connectivity index (χ1n) is 9.23. The zero-order valence-corrected chi connectivity index (χ0v) is 14.9. The number of nitrogens with one attached hydrogen (secondary N) is 1. The van der Waals surface area contributed by atoms with E-state index in [1.165, 1.54) is 24.0 Å². The third kappa shape index (κ3) is 2.97. The Morgan fingerprint density at radius 2 is 2.00 bits per heavy atom. The highest BCUT2D eigenvalue weighted by Gasteiger charge is 2.38. The molecule has 1 aliphatic carbocycles. The van der Waals surface area contributed by atoms with E-state index in [9.17, 15) is 5.11 Å². The van der Waals surface area contributed by atoms with Gasteiger partial charge < -0.3 is 15.3 Å². The molecule has 3 atom stereocenters. The second-order valence-electron chi connectivity index (χ2n) is 7.49. The molecule has 5 heteroatoms. The minimum Gasteiger partial charge on any atom is -0.394 e. The molecule has 3 heterocycles. The number of aliphatic hydroxyl groups excluding tert-OH is 1. The van der Waals surface area contributed by atoms with Crippen molar-refractivity contribution in [1.29, 1.82) is 0 Å². The van der Waals surface area contributed by atoms with Gasteiger partial charge in [-0.3, -0.25) is 0 Å². The number of anilines is 2. The summed E-state index contributed by atoms with van der Waals surface area (Å²) in [6.45, 7) is 5.26. The highest BCUT2D eigenvalue weighted by Crippen LogP contribution is 2.47. The van der Waals surface area contributed by atoms with Crippen molar-refractivity contribution in [3.05, 3.63) is 47.7 Å². The van der Waals surface area contributed by atoms with Gasteiger partial charge in [0.25, 0.3) is 0 Å². The summed E-state index contributed by atoms with van der Waals surface area (Å²) in [5.41, 5.74) is 2.97. The maximum Gasteiger partial charge on any atom is 0.224 e. The lowest BCUT2D eigenvalue weighted by Crippen LogP contribution is -2.43. The first kappa shape index (κ1) is 16.3. The molecule has 0 radical (unpaired) electrons. The molecule has 2 aromatic rings. The molecule has 25 heavy (non-hydrogen) atoms. The van der Waals surface area contributed by atoms with Crippen LogP contribution in [0.25, 0.3) is 0 Å². The Bertz CT molecular complexity index is 748. The van der Waals surface area contributed by atoms with Gasteiger partial charge in [-0.25, -0.2) is 4.98 Å². The monoisotopic (exact) mass is 338 g/mol. The predicted octanol–water partition coefficient (Wildman–Crippen LogP) is 3.34. The summed E-state index contributed by atoms with van der Waals surface area (Å²) in [5, 5.41) is 12.8. The van der Waals surface area contributed by atoms with Gasteiger partial charge in [-0.1, -0.05) is 38.1 Å². The number of aliphatic hydroxyl groups is 1. The molecule has 1 saturated heterocycles. The normalized spacial score (nSPS) is 22.8. The zero-order chi connectivity index (χ0) is 17.4. The van der Waals surface area contributed by atoms with Crippen molar-refractivity contribution in [2.75, 3.05) is 23.4 Å². The summed E-state index contributed by atoms with van der Waals surface area (Å²) in [4.78, 5) is 11.5. The second kappa shape index (κ2) is 6.64. The highest BCUT2D eigenvalue weighted by molar-refractivity contribution is 5.52. The number of rotatable bonds is 5. The van der Waals surface area contributed by atoms with Crippen LogP contribution in [0.2, 0.25) is 0 Å². The van der Waals surface area contributed by atoms with Gasteiger partial charge in [0, 0.05) is 18.7 Å². The van der Waals surface area contributed by atoms with Crippen molar-refractivity contribution in [2.24, 2.45) is 5.92 Å². The van der Waals surface area contributed by atoms with Crippen LogP contribution < -0.4 is 10.2 Å². The highest BCUT2D eigenvalue weighted by atomic mass is 16.3. The smallest absolute Gasteiger partial charge is 0.224 e. The quantitative estimate of drug-likeness (QED) is 0.875. The Hall–Kier alpha value is -2.14. The summed E-state index contributed by atoms with van der Waals surface area (Å²) in [6.07, 6.45) is 4.25. The molecule has 132 valence electrons. The van der Waals surface area contributed by atoms with Gasteiger partial charge in [0.2, 0.25) is 5.95 Å². The van der Waals surface area contributed by atoms with Gasteiger partial charge >= 0.3 is 0 Å². The molecule has 2 bridgehead atoms. The Kier molecular flexibility index (Phi) is 4.34. The fraction of sp³-hybridized carbons (Fsp3) is 0.500. The first-order valence-corrected chi connectivity index (χ1v) is 9.23. The van der Waals surface area contributed by atoms with Crippen LogP contribution in [0.15, 0.2) is 36.5 Å². The van der Waals surface area contributed by atoms with Gasteiger partial charge in [0.1, 0.15) is 5.82 Å². The Labute approximate surface area is 149 Å². The van der Waals surface area contributed by atoms with Gasteiger partial charge in [-0.15, -0.1) is 0 Å². The average Bonchev–Trinajstić information content (AvgIpc) is 2.66. The van der Waals surface area contributed by atoms with Crippen molar-refractivity contribution in [3.8, 4) is 0 Å². The fourth-order valence-corrected chi connectivity index (χ4v) is 4.16. The molecular formula is C20H26N4O. The number of aromatic nitrogens is 2. The number of benzene rings is 1. The van der Waals surface area contributed by atoms with Crippen LogP contribution in [0.1, 0.15) is 49.8 Å². The van der Waals surface area contributed by atoms with Crippen molar-refractivity contribution in [3.63, 3.8) is 0 Å². The topological polar surface area (TPSA) is 61.3 Å². The summed E-state index contributed by atoms with van der Waals surface area (Å²) >= 11 is 0. The molecular weight excluding hydrogens is 312 g/mol. The maximum atomic E-state index is 9.54. The summed E-state index contributed by atoms with van der Waals surface area (Å²) < 4.78 is 0. The lowest BCUT2D eigenvalue weighted by atomic mass is 9.75. The summed E-state index contributed by atoms with van der Waals surface area (Å²) in [7, 11) is 0. The van der Waals surface area contributed by atoms with Gasteiger partial charge in [-0.05, 0) is 36.0 Å². The average molecular weight is 338 g/mol. The molecule has 2 N–H and O–H groups in total. The van der Waals surface area contributed by atoms with Crippen molar-refractivity contribution in [2.45, 2.75) is 44.7 Å². The van der Waals surface area contributed by atoms with E-state index in [-0.39, 0.29) is 12.6 Å². The van der Waals surface area contributed by atoms with E-state index in [0.29, 0.717) is 23.8 Å². The summed E-state index contributed by atoms with van der Waals surface area (Å²) in [5.74, 6) is 2.48. The number of nitrogens with zero attached hydrogens (tertiary/aromatic N) is 3. The van der Waals surface area contributed by atoms with Crippen LogP contribution in [0.4, 0.5) is 11.8 Å². The zero-order valence-electron chi connectivity index (χ0n) is 14.9. The van der Waals surface area contributed by atoms with E-state index >= 15 is 0 Å². The molecule has 1 fully saturated rings. The third-order valence-electron chi connectivity index (χ3n) is 5.63. The van der Waals surface area contributed by atoms with Crippen LogP contribution in [-0.4, -0.2) is 34.3 Å². The van der Waals surface area contributed by atoms with E-state index in [2.05, 4.69) is 53.3 Å². The Morgan fingerprint density at radius 3 is 2.76 bits per heavy atom. The van der Waals surface area contributed by atoms with Gasteiger partial charge in [0.05, 0.1) is 18.7 Å². The maximum absolute atomic E-state index is 9.54. The molecule has 0 amide bonds. The number of fused-ring (bicyclic) bond motifs is 2. The standard InChI is InChI=1S/C20H26N4O/c1-13(2)17(12-25)22-20-21-10-9-19(23-20)24-11-14-7-8-18(24)16-6-4-3-5-15(14)16/h3-6,9-10,13-14,17-18,25H,7-8,11-12H2,1-2H3,(H,21,22,23)/t14-,17-,18+/m1/s1. The molecule has 3 aliphatic rings. The van der Waals surface area contributed by atoms with E-state index < -0.39 is 0 Å². The number of hydrogen-bond donors (Lipinski definition) is 2. The van der Waals surface area contributed by atoms with Crippen LogP contribution in [0, 0.1) is 5.92 Å². The van der Waals surface area contributed by atoms with Crippen LogP contribution in [-0.2, 0) is 0 Å². The predicted molar refractivity (Wildman–Crippen MR) is 99.9 cm³/mol. The number of piperidine rings is 1. The largest absolute Gasteiger partial charge is 0.394 e. The molecule has 0 spiro atoms. The van der Waals surface area contributed by atoms with Crippen LogP contribution in [0.5, 0.6) is 0 Å². The molecule has 1 aromatic carbocycles. The molecule has 0 unspecified atom stereocenters. The van der Waals surface area contributed by atoms with Crippen LogP contribution >= 0.6 is 0 Å². The molecule has 1 aromatic heterocycles. The van der Waals surface area contributed by atoms with Crippen LogP contribution in [0.3, 0.4) is 0 Å².